The van der Waals surface area contributed by atoms with Crippen LogP contribution in [0.25, 0.3) is 120 Å². The first-order valence-electron chi connectivity index (χ1n) is 20.1. The molecule has 60 heavy (non-hydrogen) atoms. The molecule has 280 valence electrons. The van der Waals surface area contributed by atoms with Crippen LogP contribution < -0.4 is 0 Å². The van der Waals surface area contributed by atoms with Gasteiger partial charge in [-0.3, -0.25) is 0 Å². The lowest BCUT2D eigenvalue weighted by atomic mass is 9.93. The molecule has 0 bridgehead atoms. The zero-order valence-electron chi connectivity index (χ0n) is 32.2. The summed E-state index contributed by atoms with van der Waals surface area (Å²) in [6.07, 6.45) is 0. The van der Waals surface area contributed by atoms with Gasteiger partial charge in [-0.15, -0.1) is 11.3 Å². The van der Waals surface area contributed by atoms with Gasteiger partial charge in [-0.05, 0) is 82.9 Å². The summed E-state index contributed by atoms with van der Waals surface area (Å²) >= 11 is 1.83. The lowest BCUT2D eigenvalue weighted by Crippen LogP contribution is -1.97. The number of hydrogen-bond acceptors (Lipinski definition) is 5. The molecule has 0 aliphatic heterocycles. The van der Waals surface area contributed by atoms with Crippen LogP contribution in [0.1, 0.15) is 0 Å². The van der Waals surface area contributed by atoms with Gasteiger partial charge in [0.25, 0.3) is 0 Å². The molecule has 12 aromatic rings. The molecule has 0 fully saturated rings. The van der Waals surface area contributed by atoms with E-state index >= 15 is 0 Å². The highest BCUT2D eigenvalue weighted by atomic mass is 32.1. The summed E-state index contributed by atoms with van der Waals surface area (Å²) in [5.41, 5.74) is 13.6. The fourth-order valence-electron chi connectivity index (χ4n) is 8.53. The number of hydrogen-bond donors (Lipinski definition) is 0. The van der Waals surface area contributed by atoms with Crippen molar-refractivity contribution in [3.63, 3.8) is 0 Å². The topological polar surface area (TPSA) is 51.8 Å². The predicted octanol–water partition coefficient (Wildman–Crippen LogP) is 15.3. The summed E-state index contributed by atoms with van der Waals surface area (Å²) < 4.78 is 9.20. The monoisotopic (exact) mass is 783 g/mol. The van der Waals surface area contributed by atoms with Gasteiger partial charge >= 0.3 is 0 Å². The van der Waals surface area contributed by atoms with Crippen LogP contribution in [-0.4, -0.2) is 15.0 Å². The Morgan fingerprint density at radius 3 is 1.75 bits per heavy atom. The predicted molar refractivity (Wildman–Crippen MR) is 250 cm³/mol. The van der Waals surface area contributed by atoms with Crippen LogP contribution in [0, 0.1) is 0 Å². The van der Waals surface area contributed by atoms with E-state index in [-0.39, 0.29) is 0 Å². The van der Waals surface area contributed by atoms with Crippen molar-refractivity contribution >= 4 is 64.4 Å². The molecule has 0 radical (unpaired) electrons. The van der Waals surface area contributed by atoms with E-state index < -0.39 is 0 Å². The van der Waals surface area contributed by atoms with E-state index in [2.05, 4.69) is 152 Å². The second-order valence-corrected chi connectivity index (χ2v) is 16.2. The minimum Gasteiger partial charge on any atom is -0.455 e. The van der Waals surface area contributed by atoms with E-state index in [4.69, 9.17) is 19.4 Å². The Kier molecular flexibility index (Phi) is 8.00. The third-order valence-electron chi connectivity index (χ3n) is 11.5. The Bertz CT molecular complexity index is 3590. The molecule has 0 spiro atoms. The zero-order chi connectivity index (χ0) is 39.6. The summed E-state index contributed by atoms with van der Waals surface area (Å²) in [7, 11) is 0. The first-order valence-corrected chi connectivity index (χ1v) is 20.9. The fourth-order valence-corrected chi connectivity index (χ4v) is 9.61. The minimum absolute atomic E-state index is 0.667. The Hall–Kier alpha value is -7.73. The standard InChI is InChI=1S/C55H33N3OS/c1-3-13-34(14-4-1)35-23-25-36(26-24-35)47-33-48(58-55(57-47)37-15-5-2-6-16-37)40-29-39(38-27-28-51-45(32-38)42-17-9-12-22-50(42)60-51)30-41(31-40)53-52-44-19-8-11-21-49(44)59-54(52)43-18-7-10-20-46(43)56-53/h1-33H. The summed E-state index contributed by atoms with van der Waals surface area (Å²) in [6.45, 7) is 0. The van der Waals surface area contributed by atoms with Gasteiger partial charge < -0.3 is 4.42 Å². The third-order valence-corrected chi connectivity index (χ3v) is 12.6. The van der Waals surface area contributed by atoms with Crippen molar-refractivity contribution in [1.82, 2.24) is 15.0 Å². The van der Waals surface area contributed by atoms with Gasteiger partial charge in [0.2, 0.25) is 0 Å². The molecule has 0 saturated heterocycles. The molecular weight excluding hydrogens is 751 g/mol. The molecule has 0 N–H and O–H groups in total. The van der Waals surface area contributed by atoms with Crippen molar-refractivity contribution in [2.75, 3.05) is 0 Å². The van der Waals surface area contributed by atoms with Crippen LogP contribution >= 0.6 is 11.3 Å². The van der Waals surface area contributed by atoms with Crippen molar-refractivity contribution in [1.29, 1.82) is 0 Å². The summed E-state index contributed by atoms with van der Waals surface area (Å²) in [6, 6.07) is 70.3. The lowest BCUT2D eigenvalue weighted by Gasteiger charge is -2.14. The molecule has 8 aromatic carbocycles. The molecule has 0 unspecified atom stereocenters. The van der Waals surface area contributed by atoms with Crippen molar-refractivity contribution in [2.45, 2.75) is 0 Å². The maximum atomic E-state index is 6.64. The summed E-state index contributed by atoms with van der Waals surface area (Å²) in [5.74, 6) is 0.667. The van der Waals surface area contributed by atoms with E-state index in [1.165, 1.54) is 25.7 Å². The molecule has 4 heterocycles. The molecule has 0 saturated carbocycles. The van der Waals surface area contributed by atoms with Gasteiger partial charge in [-0.2, -0.15) is 0 Å². The van der Waals surface area contributed by atoms with E-state index in [1.807, 2.05) is 59.9 Å². The maximum absolute atomic E-state index is 6.64. The van der Waals surface area contributed by atoms with Gasteiger partial charge in [0.15, 0.2) is 5.82 Å². The van der Waals surface area contributed by atoms with E-state index in [0.29, 0.717) is 5.82 Å². The fraction of sp³-hybridized carbons (Fsp3) is 0. The second kappa shape index (κ2) is 14.0. The van der Waals surface area contributed by atoms with Crippen LogP contribution in [0.2, 0.25) is 0 Å². The van der Waals surface area contributed by atoms with Crippen LogP contribution in [0.3, 0.4) is 0 Å². The Labute approximate surface area is 349 Å². The van der Waals surface area contributed by atoms with Gasteiger partial charge in [0, 0.05) is 53.2 Å². The number of aromatic nitrogens is 3. The number of para-hydroxylation sites is 2. The number of nitrogens with zero attached hydrogens (tertiary/aromatic N) is 3. The Morgan fingerprint density at radius 2 is 0.933 bits per heavy atom. The summed E-state index contributed by atoms with van der Waals surface area (Å²) in [4.78, 5) is 15.9. The van der Waals surface area contributed by atoms with Crippen molar-refractivity contribution in [2.24, 2.45) is 0 Å². The average Bonchev–Trinajstić information content (AvgIpc) is 3.91. The second-order valence-electron chi connectivity index (χ2n) is 15.2. The number of pyridine rings is 1. The molecule has 0 atom stereocenters. The average molecular weight is 784 g/mol. The first kappa shape index (κ1) is 34.3. The normalized spacial score (nSPS) is 11.7. The van der Waals surface area contributed by atoms with Crippen molar-refractivity contribution < 1.29 is 4.42 Å². The van der Waals surface area contributed by atoms with Crippen LogP contribution in [-0.2, 0) is 0 Å². The Balaban J connectivity index is 1.11. The smallest absolute Gasteiger partial charge is 0.160 e. The third kappa shape index (κ3) is 5.86. The Morgan fingerprint density at radius 1 is 0.350 bits per heavy atom. The largest absolute Gasteiger partial charge is 0.455 e. The molecule has 0 aliphatic carbocycles. The van der Waals surface area contributed by atoms with E-state index in [1.54, 1.807) is 0 Å². The number of rotatable bonds is 6. The summed E-state index contributed by atoms with van der Waals surface area (Å²) in [5, 5.41) is 5.54. The van der Waals surface area contributed by atoms with Gasteiger partial charge in [0.05, 0.1) is 28.0 Å². The molecule has 5 heteroatoms. The van der Waals surface area contributed by atoms with Gasteiger partial charge in [0.1, 0.15) is 11.2 Å². The molecule has 4 aromatic heterocycles. The van der Waals surface area contributed by atoms with Crippen LogP contribution in [0.5, 0.6) is 0 Å². The van der Waals surface area contributed by atoms with Gasteiger partial charge in [-0.1, -0.05) is 140 Å². The molecule has 0 amide bonds. The lowest BCUT2D eigenvalue weighted by molar-refractivity contribution is 0.672. The van der Waals surface area contributed by atoms with Crippen molar-refractivity contribution in [3.05, 3.63) is 200 Å². The minimum atomic E-state index is 0.667. The molecule has 12 rings (SSSR count). The SMILES string of the molecule is c1ccc(-c2ccc(-c3cc(-c4cc(-c5ccc6sc7ccccc7c6c5)cc(-c5nc6ccccc6c6oc7ccccc7c56)c4)nc(-c4ccccc4)n3)cc2)cc1. The number of thiophene rings is 1. The molecular formula is C55H33N3OS. The van der Waals surface area contributed by atoms with E-state index in [9.17, 15) is 0 Å². The number of benzene rings is 8. The maximum Gasteiger partial charge on any atom is 0.160 e. The highest BCUT2D eigenvalue weighted by molar-refractivity contribution is 7.25. The molecule has 4 nitrogen and oxygen atoms in total. The zero-order valence-corrected chi connectivity index (χ0v) is 33.0. The number of fused-ring (bicyclic) bond motifs is 8. The highest BCUT2D eigenvalue weighted by Crippen LogP contribution is 2.43. The van der Waals surface area contributed by atoms with E-state index in [0.717, 1.165) is 88.9 Å². The van der Waals surface area contributed by atoms with Crippen LogP contribution in [0.15, 0.2) is 205 Å². The van der Waals surface area contributed by atoms with Crippen molar-refractivity contribution in [3.8, 4) is 67.4 Å². The quantitative estimate of drug-likeness (QED) is 0.169. The van der Waals surface area contributed by atoms with Crippen LogP contribution in [0.4, 0.5) is 0 Å². The molecule has 0 aliphatic rings. The number of furan rings is 1. The highest BCUT2D eigenvalue weighted by Gasteiger charge is 2.20. The first-order chi connectivity index (χ1) is 29.7. The van der Waals surface area contributed by atoms with Gasteiger partial charge in [-0.25, -0.2) is 15.0 Å².